The molecule has 0 unspecified atom stereocenters. The van der Waals surface area contributed by atoms with Crippen molar-refractivity contribution in [1.82, 2.24) is 5.32 Å². The predicted octanol–water partition coefficient (Wildman–Crippen LogP) is 3.47. The number of carbonyl (C=O) groups is 1. The molecule has 0 radical (unpaired) electrons. The topological polar surface area (TPSA) is 29.1 Å². The van der Waals surface area contributed by atoms with Crippen molar-refractivity contribution in [3.8, 4) is 0 Å². The van der Waals surface area contributed by atoms with Gasteiger partial charge in [-0.2, -0.15) is 0 Å². The quantitative estimate of drug-likeness (QED) is 0.476. The van der Waals surface area contributed by atoms with Crippen LogP contribution >= 0.6 is 22.6 Å². The fourth-order valence-electron chi connectivity index (χ4n) is 1.50. The Balaban J connectivity index is 2.42. The van der Waals surface area contributed by atoms with Crippen LogP contribution in [0.15, 0.2) is 18.2 Å². The molecule has 0 aliphatic heterocycles. The minimum absolute atomic E-state index is 0.129. The summed E-state index contributed by atoms with van der Waals surface area (Å²) in [6.07, 6.45) is 3.21. The van der Waals surface area contributed by atoms with E-state index in [9.17, 15) is 9.18 Å². The molecule has 0 aliphatic carbocycles. The second-order valence-electron chi connectivity index (χ2n) is 3.99. The Morgan fingerprint density at radius 3 is 2.76 bits per heavy atom. The third kappa shape index (κ3) is 5.02. The number of benzene rings is 1. The molecule has 1 rings (SSSR count). The second-order valence-corrected chi connectivity index (χ2v) is 5.07. The predicted molar refractivity (Wildman–Crippen MR) is 76.2 cm³/mol. The zero-order valence-corrected chi connectivity index (χ0v) is 12.1. The molecular weight excluding hydrogens is 332 g/mol. The molecule has 0 aliphatic rings. The number of aryl methyl sites for hydroxylation is 1. The number of hydrogen-bond donors (Lipinski definition) is 1. The highest BCUT2D eigenvalue weighted by atomic mass is 127. The van der Waals surface area contributed by atoms with Gasteiger partial charge in [0.15, 0.2) is 0 Å². The molecule has 0 saturated carbocycles. The molecule has 0 aromatic heterocycles. The Labute approximate surface area is 115 Å². The highest BCUT2D eigenvalue weighted by Gasteiger charge is 2.10. The van der Waals surface area contributed by atoms with Gasteiger partial charge in [0.2, 0.25) is 0 Å². The molecule has 0 heterocycles. The van der Waals surface area contributed by atoms with Crippen molar-refractivity contribution < 1.29 is 9.18 Å². The Morgan fingerprint density at radius 1 is 1.35 bits per heavy atom. The van der Waals surface area contributed by atoms with Crippen molar-refractivity contribution in [3.63, 3.8) is 0 Å². The summed E-state index contributed by atoms with van der Waals surface area (Å²) in [5, 5.41) is 2.74. The summed E-state index contributed by atoms with van der Waals surface area (Å²) < 4.78 is 14.6. The number of hydrogen-bond acceptors (Lipinski definition) is 1. The number of nitrogens with one attached hydrogen (secondary N) is 1. The molecule has 0 bridgehead atoms. The molecule has 0 atom stereocenters. The Morgan fingerprint density at radius 2 is 2.12 bits per heavy atom. The van der Waals surface area contributed by atoms with E-state index in [0.717, 1.165) is 29.3 Å². The summed E-state index contributed by atoms with van der Waals surface area (Å²) >= 11 is 2.33. The molecule has 2 nitrogen and oxygen atoms in total. The van der Waals surface area contributed by atoms with Gasteiger partial charge in [-0.15, -0.1) is 0 Å². The third-order valence-electron chi connectivity index (χ3n) is 2.47. The Kier molecular flexibility index (Phi) is 6.47. The van der Waals surface area contributed by atoms with Gasteiger partial charge in [-0.3, -0.25) is 4.79 Å². The largest absolute Gasteiger partial charge is 0.352 e. The molecule has 1 N–H and O–H groups in total. The fourth-order valence-corrected chi connectivity index (χ4v) is 2.04. The first kappa shape index (κ1) is 14.4. The summed E-state index contributed by atoms with van der Waals surface area (Å²) in [4.78, 5) is 11.7. The highest BCUT2D eigenvalue weighted by molar-refractivity contribution is 14.1. The van der Waals surface area contributed by atoms with E-state index >= 15 is 0 Å². The SMILES string of the molecule is Cc1ccc(C(=O)NCCCCCI)c(F)c1. The van der Waals surface area contributed by atoms with E-state index < -0.39 is 5.82 Å². The second kappa shape index (κ2) is 7.63. The molecular formula is C13H17FINO. The molecule has 1 aromatic rings. The lowest BCUT2D eigenvalue weighted by Gasteiger charge is -2.06. The van der Waals surface area contributed by atoms with E-state index in [1.54, 1.807) is 13.0 Å². The summed E-state index contributed by atoms with van der Waals surface area (Å²) in [5.74, 6) is -0.772. The maximum absolute atomic E-state index is 13.5. The number of unbranched alkanes of at least 4 members (excludes halogenated alkanes) is 2. The number of halogens is 2. The van der Waals surface area contributed by atoms with E-state index in [2.05, 4.69) is 27.9 Å². The van der Waals surface area contributed by atoms with Gasteiger partial charge in [0, 0.05) is 6.54 Å². The first-order valence-corrected chi connectivity index (χ1v) is 7.28. The summed E-state index contributed by atoms with van der Waals surface area (Å²) in [6.45, 7) is 2.41. The maximum atomic E-state index is 13.5. The number of alkyl halides is 1. The molecule has 0 spiro atoms. The van der Waals surface area contributed by atoms with Crippen LogP contribution in [0.1, 0.15) is 35.2 Å². The third-order valence-corrected chi connectivity index (χ3v) is 3.23. The van der Waals surface area contributed by atoms with Gasteiger partial charge in [0.05, 0.1) is 5.56 Å². The molecule has 17 heavy (non-hydrogen) atoms. The minimum atomic E-state index is -0.449. The van der Waals surface area contributed by atoms with Crippen LogP contribution in [0.3, 0.4) is 0 Å². The van der Waals surface area contributed by atoms with Crippen molar-refractivity contribution in [2.45, 2.75) is 26.2 Å². The van der Waals surface area contributed by atoms with Gasteiger partial charge in [-0.05, 0) is 41.9 Å². The molecule has 4 heteroatoms. The average molecular weight is 349 g/mol. The molecule has 0 fully saturated rings. The van der Waals surface area contributed by atoms with Gasteiger partial charge in [0.25, 0.3) is 5.91 Å². The fraction of sp³-hybridized carbons (Fsp3) is 0.462. The van der Waals surface area contributed by atoms with E-state index in [1.165, 1.54) is 12.1 Å². The lowest BCUT2D eigenvalue weighted by Crippen LogP contribution is -2.25. The zero-order valence-electron chi connectivity index (χ0n) is 9.93. The van der Waals surface area contributed by atoms with Gasteiger partial charge >= 0.3 is 0 Å². The number of carbonyl (C=O) groups excluding carboxylic acids is 1. The van der Waals surface area contributed by atoms with Gasteiger partial charge in [0.1, 0.15) is 5.82 Å². The first-order valence-electron chi connectivity index (χ1n) is 5.75. The van der Waals surface area contributed by atoms with Crippen molar-refractivity contribution in [2.24, 2.45) is 0 Å². The van der Waals surface area contributed by atoms with Crippen molar-refractivity contribution in [1.29, 1.82) is 0 Å². The lowest BCUT2D eigenvalue weighted by atomic mass is 10.1. The van der Waals surface area contributed by atoms with Crippen LogP contribution in [0.4, 0.5) is 4.39 Å². The van der Waals surface area contributed by atoms with Crippen molar-refractivity contribution in [3.05, 3.63) is 35.1 Å². The monoisotopic (exact) mass is 349 g/mol. The standard InChI is InChI=1S/C13H17FINO/c1-10-5-6-11(12(14)9-10)13(17)16-8-4-2-3-7-15/h5-6,9H,2-4,7-8H2,1H3,(H,16,17). The van der Waals surface area contributed by atoms with Crippen molar-refractivity contribution >= 4 is 28.5 Å². The molecule has 1 amide bonds. The van der Waals surface area contributed by atoms with Crippen LogP contribution in [-0.2, 0) is 0 Å². The summed E-state index contributed by atoms with van der Waals surface area (Å²) in [5.41, 5.74) is 0.950. The summed E-state index contributed by atoms with van der Waals surface area (Å²) in [7, 11) is 0. The van der Waals surface area contributed by atoms with Crippen LogP contribution in [0.25, 0.3) is 0 Å². The highest BCUT2D eigenvalue weighted by Crippen LogP contribution is 2.09. The molecule has 0 saturated heterocycles. The van der Waals surface area contributed by atoms with Crippen LogP contribution < -0.4 is 5.32 Å². The van der Waals surface area contributed by atoms with E-state index in [-0.39, 0.29) is 11.5 Å². The van der Waals surface area contributed by atoms with Crippen LogP contribution in [0, 0.1) is 12.7 Å². The van der Waals surface area contributed by atoms with Crippen LogP contribution in [0.2, 0.25) is 0 Å². The van der Waals surface area contributed by atoms with Gasteiger partial charge in [-0.1, -0.05) is 35.1 Å². The number of rotatable bonds is 6. The number of amides is 1. The average Bonchev–Trinajstić information content (AvgIpc) is 2.28. The first-order chi connectivity index (χ1) is 8.15. The minimum Gasteiger partial charge on any atom is -0.352 e. The lowest BCUT2D eigenvalue weighted by molar-refractivity contribution is 0.0949. The molecule has 94 valence electrons. The van der Waals surface area contributed by atoms with Gasteiger partial charge in [-0.25, -0.2) is 4.39 Å². The van der Waals surface area contributed by atoms with E-state index in [4.69, 9.17) is 0 Å². The Hall–Kier alpha value is -0.650. The normalized spacial score (nSPS) is 10.3. The van der Waals surface area contributed by atoms with E-state index in [1.807, 2.05) is 0 Å². The summed E-state index contributed by atoms with van der Waals surface area (Å²) in [6, 6.07) is 4.66. The maximum Gasteiger partial charge on any atom is 0.254 e. The van der Waals surface area contributed by atoms with Crippen LogP contribution in [0.5, 0.6) is 0 Å². The zero-order chi connectivity index (χ0) is 12.7. The van der Waals surface area contributed by atoms with E-state index in [0.29, 0.717) is 6.54 Å². The van der Waals surface area contributed by atoms with Crippen LogP contribution in [-0.4, -0.2) is 16.9 Å². The van der Waals surface area contributed by atoms with Crippen molar-refractivity contribution in [2.75, 3.05) is 11.0 Å². The smallest absolute Gasteiger partial charge is 0.254 e. The molecule has 1 aromatic carbocycles. The Bertz CT molecular complexity index is 382. The van der Waals surface area contributed by atoms with Gasteiger partial charge < -0.3 is 5.32 Å².